The summed E-state index contributed by atoms with van der Waals surface area (Å²) in [5.41, 5.74) is 0.646. The molecular weight excluding hydrogens is 368 g/mol. The Hall–Kier alpha value is -1.96. The maximum Gasteiger partial charge on any atom is 0.262 e. The first kappa shape index (κ1) is 18.8. The number of ketones is 1. The van der Waals surface area contributed by atoms with E-state index in [0.717, 1.165) is 17.1 Å². The number of carbonyl (C=O) groups is 1. The highest BCUT2D eigenvalue weighted by atomic mass is 32.2. The number of Topliss-reactive ketones (excluding diaryl/α,β-unsaturated/α-hetero) is 1. The molecule has 0 aliphatic rings. The third-order valence-electron chi connectivity index (χ3n) is 3.92. The first-order valence-corrected chi connectivity index (χ1v) is 10.2. The molecule has 0 bridgehead atoms. The Morgan fingerprint density at radius 2 is 2.12 bits per heavy atom. The lowest BCUT2D eigenvalue weighted by molar-refractivity contribution is 0.0986. The van der Waals surface area contributed by atoms with Gasteiger partial charge in [0.1, 0.15) is 0 Å². The smallest absolute Gasteiger partial charge is 0.262 e. The van der Waals surface area contributed by atoms with E-state index in [1.165, 1.54) is 23.1 Å². The minimum absolute atomic E-state index is 0.0511. The molecule has 0 saturated heterocycles. The summed E-state index contributed by atoms with van der Waals surface area (Å²) in [4.78, 5) is 30.3. The average Bonchev–Trinajstić information content (AvgIpc) is 3.19. The second kappa shape index (κ2) is 9.12. The van der Waals surface area contributed by atoms with Crippen molar-refractivity contribution in [2.45, 2.75) is 24.5 Å². The van der Waals surface area contributed by atoms with Crippen LogP contribution in [0, 0.1) is 0 Å². The van der Waals surface area contributed by atoms with E-state index in [0.29, 0.717) is 35.6 Å². The Kier molecular flexibility index (Phi) is 6.60. The number of ether oxygens (including phenoxy) is 1. The second-order valence-corrected chi connectivity index (χ2v) is 7.72. The molecule has 0 atom stereocenters. The molecule has 0 fully saturated rings. The molecule has 3 aromatic rings. The number of hydrogen-bond acceptors (Lipinski definition) is 6. The van der Waals surface area contributed by atoms with Gasteiger partial charge in [-0.05, 0) is 30.0 Å². The number of thioether (sulfide) groups is 1. The standard InChI is InChI=1S/C19H20N2O3S2/c1-24-11-10-21-18(23)14-6-2-3-7-15(14)20-19(21)26-13-4-8-16(22)17-9-5-12-25-17/h2-3,5-7,9,12H,4,8,10-11,13H2,1H3. The molecule has 1 aromatic carbocycles. The molecule has 5 nitrogen and oxygen atoms in total. The van der Waals surface area contributed by atoms with Crippen molar-refractivity contribution in [2.24, 2.45) is 0 Å². The summed E-state index contributed by atoms with van der Waals surface area (Å²) in [5.74, 6) is 0.901. The minimum Gasteiger partial charge on any atom is -0.383 e. The minimum atomic E-state index is -0.0511. The number of nitrogens with zero attached hydrogens (tertiary/aromatic N) is 2. The van der Waals surface area contributed by atoms with Gasteiger partial charge in [-0.25, -0.2) is 4.98 Å². The number of hydrogen-bond donors (Lipinski definition) is 0. The Bertz CT molecular complexity index is 936. The van der Waals surface area contributed by atoms with Crippen LogP contribution in [0.1, 0.15) is 22.5 Å². The molecule has 7 heteroatoms. The molecule has 136 valence electrons. The number of carbonyl (C=O) groups excluding carboxylic acids is 1. The van der Waals surface area contributed by atoms with Gasteiger partial charge in [0, 0.05) is 19.3 Å². The molecule has 26 heavy (non-hydrogen) atoms. The van der Waals surface area contributed by atoms with Crippen LogP contribution in [0.3, 0.4) is 0 Å². The van der Waals surface area contributed by atoms with Crippen LogP contribution in [0.4, 0.5) is 0 Å². The monoisotopic (exact) mass is 388 g/mol. The molecule has 3 rings (SSSR count). The predicted octanol–water partition coefficient (Wildman–Crippen LogP) is 3.86. The Morgan fingerprint density at radius 3 is 2.88 bits per heavy atom. The summed E-state index contributed by atoms with van der Waals surface area (Å²) < 4.78 is 6.79. The van der Waals surface area contributed by atoms with E-state index in [-0.39, 0.29) is 11.3 Å². The van der Waals surface area contributed by atoms with E-state index in [2.05, 4.69) is 4.98 Å². The maximum absolute atomic E-state index is 12.8. The maximum atomic E-state index is 12.8. The molecular formula is C19H20N2O3S2. The van der Waals surface area contributed by atoms with Gasteiger partial charge in [0.05, 0.1) is 28.9 Å². The van der Waals surface area contributed by atoms with E-state index in [1.807, 2.05) is 35.7 Å². The Balaban J connectivity index is 1.71. The zero-order valence-electron chi connectivity index (χ0n) is 14.5. The third kappa shape index (κ3) is 4.41. The van der Waals surface area contributed by atoms with Gasteiger partial charge in [0.15, 0.2) is 10.9 Å². The number of aromatic nitrogens is 2. The molecule has 0 aliphatic heterocycles. The van der Waals surface area contributed by atoms with Crippen LogP contribution < -0.4 is 5.56 Å². The van der Waals surface area contributed by atoms with Crippen molar-refractivity contribution in [3.05, 3.63) is 57.0 Å². The van der Waals surface area contributed by atoms with Gasteiger partial charge in [-0.2, -0.15) is 0 Å². The number of thiophene rings is 1. The fourth-order valence-corrected chi connectivity index (χ4v) is 4.25. The molecule has 0 aliphatic carbocycles. The topological polar surface area (TPSA) is 61.2 Å². The summed E-state index contributed by atoms with van der Waals surface area (Å²) >= 11 is 2.99. The molecule has 2 heterocycles. The van der Waals surface area contributed by atoms with Crippen molar-refractivity contribution < 1.29 is 9.53 Å². The number of benzene rings is 1. The fourth-order valence-electron chi connectivity index (χ4n) is 2.59. The van der Waals surface area contributed by atoms with E-state index in [9.17, 15) is 9.59 Å². The molecule has 0 N–H and O–H groups in total. The summed E-state index contributed by atoms with van der Waals surface area (Å²) in [6.45, 7) is 0.911. The van der Waals surface area contributed by atoms with Crippen LogP contribution in [0.2, 0.25) is 0 Å². The zero-order valence-corrected chi connectivity index (χ0v) is 16.1. The normalized spacial score (nSPS) is 11.1. The SMILES string of the molecule is COCCn1c(SCCCC(=O)c2cccs2)nc2ccccc2c1=O. The van der Waals surface area contributed by atoms with E-state index in [1.54, 1.807) is 17.7 Å². The molecule has 0 amide bonds. The van der Waals surface area contributed by atoms with E-state index < -0.39 is 0 Å². The van der Waals surface area contributed by atoms with Crippen LogP contribution in [0.5, 0.6) is 0 Å². The summed E-state index contributed by atoms with van der Waals surface area (Å²) in [6, 6.07) is 11.1. The van der Waals surface area contributed by atoms with Gasteiger partial charge in [0.2, 0.25) is 0 Å². The van der Waals surface area contributed by atoms with Crippen molar-refractivity contribution in [1.29, 1.82) is 0 Å². The van der Waals surface area contributed by atoms with Gasteiger partial charge in [-0.15, -0.1) is 11.3 Å². The lowest BCUT2D eigenvalue weighted by Crippen LogP contribution is -2.25. The van der Waals surface area contributed by atoms with Crippen molar-refractivity contribution in [3.63, 3.8) is 0 Å². The van der Waals surface area contributed by atoms with Crippen molar-refractivity contribution >= 4 is 39.8 Å². The number of fused-ring (bicyclic) bond motifs is 1. The number of para-hydroxylation sites is 1. The average molecular weight is 389 g/mol. The van der Waals surface area contributed by atoms with Crippen LogP contribution in [0.25, 0.3) is 10.9 Å². The lowest BCUT2D eigenvalue weighted by atomic mass is 10.2. The van der Waals surface area contributed by atoms with Crippen LogP contribution in [0.15, 0.2) is 51.7 Å². The summed E-state index contributed by atoms with van der Waals surface area (Å²) in [7, 11) is 1.61. The highest BCUT2D eigenvalue weighted by Crippen LogP contribution is 2.20. The highest BCUT2D eigenvalue weighted by molar-refractivity contribution is 7.99. The van der Waals surface area contributed by atoms with Gasteiger partial charge in [-0.1, -0.05) is 30.0 Å². The van der Waals surface area contributed by atoms with Gasteiger partial charge >= 0.3 is 0 Å². The van der Waals surface area contributed by atoms with E-state index in [4.69, 9.17) is 4.74 Å². The highest BCUT2D eigenvalue weighted by Gasteiger charge is 2.12. The lowest BCUT2D eigenvalue weighted by Gasteiger charge is -2.12. The molecule has 0 radical (unpaired) electrons. The van der Waals surface area contributed by atoms with Crippen molar-refractivity contribution in [2.75, 3.05) is 19.5 Å². The molecule has 2 aromatic heterocycles. The van der Waals surface area contributed by atoms with Crippen LogP contribution in [-0.2, 0) is 11.3 Å². The second-order valence-electron chi connectivity index (χ2n) is 5.71. The molecule has 0 saturated carbocycles. The first-order chi connectivity index (χ1) is 12.7. The zero-order chi connectivity index (χ0) is 18.4. The van der Waals surface area contributed by atoms with Crippen LogP contribution in [-0.4, -0.2) is 34.8 Å². The molecule has 0 spiro atoms. The third-order valence-corrected chi connectivity index (χ3v) is 5.89. The van der Waals surface area contributed by atoms with Crippen molar-refractivity contribution in [3.8, 4) is 0 Å². The Morgan fingerprint density at radius 1 is 1.27 bits per heavy atom. The van der Waals surface area contributed by atoms with Gasteiger partial charge < -0.3 is 4.74 Å². The summed E-state index contributed by atoms with van der Waals surface area (Å²) in [6.07, 6.45) is 1.25. The quantitative estimate of drug-likeness (QED) is 0.241. The Labute approximate surface area is 160 Å². The van der Waals surface area contributed by atoms with Crippen molar-refractivity contribution in [1.82, 2.24) is 9.55 Å². The first-order valence-electron chi connectivity index (χ1n) is 8.38. The number of rotatable bonds is 9. The molecule has 0 unspecified atom stereocenters. The summed E-state index contributed by atoms with van der Waals surface area (Å²) in [5, 5.41) is 3.20. The van der Waals surface area contributed by atoms with Crippen LogP contribution >= 0.6 is 23.1 Å². The van der Waals surface area contributed by atoms with E-state index >= 15 is 0 Å². The van der Waals surface area contributed by atoms with Gasteiger partial charge in [-0.3, -0.25) is 14.2 Å². The predicted molar refractivity (Wildman–Crippen MR) is 106 cm³/mol. The fraction of sp³-hybridized carbons (Fsp3) is 0.316. The van der Waals surface area contributed by atoms with Gasteiger partial charge in [0.25, 0.3) is 5.56 Å². The largest absolute Gasteiger partial charge is 0.383 e. The number of methoxy groups -OCH3 is 1.